The molecule has 1 aromatic carbocycles. The van der Waals surface area contributed by atoms with Crippen molar-refractivity contribution < 1.29 is 19.1 Å². The van der Waals surface area contributed by atoms with Crippen LogP contribution in [0.4, 0.5) is 0 Å². The third-order valence-electron chi connectivity index (χ3n) is 3.74. The van der Waals surface area contributed by atoms with Crippen molar-refractivity contribution >= 4 is 11.9 Å². The van der Waals surface area contributed by atoms with E-state index >= 15 is 0 Å². The summed E-state index contributed by atoms with van der Waals surface area (Å²) in [6, 6.07) is 6.50. The molecule has 0 radical (unpaired) electrons. The molecule has 138 valence electrons. The summed E-state index contributed by atoms with van der Waals surface area (Å²) in [5.74, 6) is -0.810. The van der Waals surface area contributed by atoms with Crippen LogP contribution < -0.4 is 0 Å². The van der Waals surface area contributed by atoms with Crippen LogP contribution in [0.15, 0.2) is 36.4 Å². The first kappa shape index (κ1) is 20.9. The molecule has 0 bridgehead atoms. The Morgan fingerprint density at radius 1 is 0.880 bits per heavy atom. The number of unbranched alkanes of at least 4 members (excludes halogenated alkanes) is 4. The predicted molar refractivity (Wildman–Crippen MR) is 99.8 cm³/mol. The Hall–Kier alpha value is -2.10. The van der Waals surface area contributed by atoms with Crippen LogP contribution in [0.5, 0.6) is 0 Å². The molecule has 0 unspecified atom stereocenters. The second-order valence-electron chi connectivity index (χ2n) is 5.94. The average molecular weight is 346 g/mol. The second kappa shape index (κ2) is 13.2. The van der Waals surface area contributed by atoms with Crippen LogP contribution in [0.3, 0.4) is 0 Å². The van der Waals surface area contributed by atoms with Gasteiger partial charge in [0, 0.05) is 0 Å². The summed E-state index contributed by atoms with van der Waals surface area (Å²) in [5.41, 5.74) is 0.755. The van der Waals surface area contributed by atoms with Gasteiger partial charge in [-0.25, -0.2) is 9.59 Å². The average Bonchev–Trinajstić information content (AvgIpc) is 2.64. The van der Waals surface area contributed by atoms with Gasteiger partial charge in [0.2, 0.25) is 0 Å². The molecule has 25 heavy (non-hydrogen) atoms. The van der Waals surface area contributed by atoms with E-state index in [1.807, 2.05) is 12.2 Å². The first-order chi connectivity index (χ1) is 12.2. The van der Waals surface area contributed by atoms with E-state index in [0.717, 1.165) is 19.3 Å². The maximum atomic E-state index is 12.1. The lowest BCUT2D eigenvalue weighted by molar-refractivity contribution is 0.0497. The van der Waals surface area contributed by atoms with E-state index in [9.17, 15) is 9.59 Å². The molecule has 0 N–H and O–H groups in total. The highest BCUT2D eigenvalue weighted by atomic mass is 16.5. The molecule has 4 heteroatoms. The van der Waals surface area contributed by atoms with Gasteiger partial charge < -0.3 is 9.47 Å². The van der Waals surface area contributed by atoms with Crippen LogP contribution in [-0.2, 0) is 9.47 Å². The minimum Gasteiger partial charge on any atom is -0.462 e. The summed E-state index contributed by atoms with van der Waals surface area (Å²) in [6.45, 7) is 4.97. The number of hydrogen-bond donors (Lipinski definition) is 0. The number of carbonyl (C=O) groups excluding carboxylic acids is 2. The molecule has 0 amide bonds. The molecule has 0 atom stereocenters. The van der Waals surface area contributed by atoms with Gasteiger partial charge in [-0.15, -0.1) is 0 Å². The molecule has 1 aromatic rings. The molecule has 1 rings (SSSR count). The monoisotopic (exact) mass is 346 g/mol. The number of ether oxygens (including phenoxy) is 2. The van der Waals surface area contributed by atoms with E-state index < -0.39 is 11.9 Å². The summed E-state index contributed by atoms with van der Waals surface area (Å²) < 4.78 is 10.5. The van der Waals surface area contributed by atoms with E-state index in [1.54, 1.807) is 18.2 Å². The van der Waals surface area contributed by atoms with Crippen molar-refractivity contribution in [3.05, 3.63) is 47.5 Å². The van der Waals surface area contributed by atoms with Gasteiger partial charge in [0.25, 0.3) is 0 Å². The largest absolute Gasteiger partial charge is 0.462 e. The predicted octanol–water partition coefficient (Wildman–Crippen LogP) is 5.33. The third-order valence-corrected chi connectivity index (χ3v) is 3.74. The van der Waals surface area contributed by atoms with E-state index in [4.69, 9.17) is 9.47 Å². The van der Waals surface area contributed by atoms with Crippen molar-refractivity contribution in [2.45, 2.75) is 58.8 Å². The number of rotatable bonds is 12. The van der Waals surface area contributed by atoms with Gasteiger partial charge in [-0.3, -0.25) is 0 Å². The zero-order chi connectivity index (χ0) is 18.3. The molecule has 4 nitrogen and oxygen atoms in total. The molecule has 0 spiro atoms. The standard InChI is InChI=1S/C21H30O4/c1-3-5-7-9-11-16-25-21(23)19-14-12-13-18(17-19)20(22)24-15-10-8-6-4-2/h6,8,12-14,17H,3-5,7,9-11,15-16H2,1-2H3/b8-6-. The van der Waals surface area contributed by atoms with Crippen molar-refractivity contribution in [2.24, 2.45) is 0 Å². The number of esters is 2. The molecule has 0 aromatic heterocycles. The fraction of sp³-hybridized carbons (Fsp3) is 0.524. The Balaban J connectivity index is 2.41. The lowest BCUT2D eigenvalue weighted by Gasteiger charge is -2.07. The van der Waals surface area contributed by atoms with Crippen LogP contribution in [0, 0.1) is 0 Å². The van der Waals surface area contributed by atoms with E-state index in [1.165, 1.54) is 25.3 Å². The first-order valence-corrected chi connectivity index (χ1v) is 9.28. The van der Waals surface area contributed by atoms with Crippen LogP contribution in [0.2, 0.25) is 0 Å². The normalized spacial score (nSPS) is 10.8. The van der Waals surface area contributed by atoms with Crippen molar-refractivity contribution in [3.63, 3.8) is 0 Å². The van der Waals surface area contributed by atoms with Crippen LogP contribution >= 0.6 is 0 Å². The highest BCUT2D eigenvalue weighted by Crippen LogP contribution is 2.10. The maximum Gasteiger partial charge on any atom is 0.338 e. The number of hydrogen-bond acceptors (Lipinski definition) is 4. The fourth-order valence-electron chi connectivity index (χ4n) is 2.31. The van der Waals surface area contributed by atoms with Gasteiger partial charge in [-0.1, -0.05) is 57.7 Å². The summed E-state index contributed by atoms with van der Waals surface area (Å²) in [7, 11) is 0. The van der Waals surface area contributed by atoms with Crippen LogP contribution in [0.25, 0.3) is 0 Å². The lowest BCUT2D eigenvalue weighted by atomic mass is 10.1. The summed E-state index contributed by atoms with van der Waals surface area (Å²) in [4.78, 5) is 24.1. The second-order valence-corrected chi connectivity index (χ2v) is 5.94. The van der Waals surface area contributed by atoms with Crippen molar-refractivity contribution in [1.82, 2.24) is 0 Å². The minimum absolute atomic E-state index is 0.335. The minimum atomic E-state index is -0.417. The smallest absolute Gasteiger partial charge is 0.338 e. The van der Waals surface area contributed by atoms with Crippen molar-refractivity contribution in [2.75, 3.05) is 13.2 Å². The van der Waals surface area contributed by atoms with Crippen LogP contribution in [0.1, 0.15) is 79.5 Å². The van der Waals surface area contributed by atoms with Gasteiger partial charge in [-0.2, -0.15) is 0 Å². The molecular formula is C21H30O4. The van der Waals surface area contributed by atoms with Crippen molar-refractivity contribution in [1.29, 1.82) is 0 Å². The molecule has 0 aliphatic carbocycles. The SMILES string of the molecule is CC/C=C\CCOC(=O)c1cccc(C(=O)OCCCCCCC)c1. The molecule has 0 saturated heterocycles. The highest BCUT2D eigenvalue weighted by Gasteiger charge is 2.12. The summed E-state index contributed by atoms with van der Waals surface area (Å²) in [5, 5.41) is 0. The van der Waals surface area contributed by atoms with Gasteiger partial charge in [-0.05, 0) is 37.5 Å². The molecule has 0 aliphatic heterocycles. The lowest BCUT2D eigenvalue weighted by Crippen LogP contribution is -2.10. The van der Waals surface area contributed by atoms with Gasteiger partial charge in [0.05, 0.1) is 24.3 Å². The van der Waals surface area contributed by atoms with Gasteiger partial charge >= 0.3 is 11.9 Å². The Morgan fingerprint density at radius 2 is 1.52 bits per heavy atom. The highest BCUT2D eigenvalue weighted by molar-refractivity contribution is 5.95. The zero-order valence-electron chi connectivity index (χ0n) is 15.5. The van der Waals surface area contributed by atoms with Gasteiger partial charge in [0.15, 0.2) is 0 Å². The number of benzene rings is 1. The molecule has 0 fully saturated rings. The molecular weight excluding hydrogens is 316 g/mol. The number of allylic oxidation sites excluding steroid dienone is 1. The molecule has 0 heterocycles. The van der Waals surface area contributed by atoms with E-state index in [-0.39, 0.29) is 0 Å². The molecule has 0 aliphatic rings. The molecule has 0 saturated carbocycles. The maximum absolute atomic E-state index is 12.1. The Bertz CT molecular complexity index is 549. The number of carbonyl (C=O) groups is 2. The Labute approximate surface area is 151 Å². The third kappa shape index (κ3) is 9.08. The first-order valence-electron chi connectivity index (χ1n) is 9.28. The summed E-state index contributed by atoms with van der Waals surface area (Å²) >= 11 is 0. The van der Waals surface area contributed by atoms with E-state index in [0.29, 0.717) is 30.8 Å². The Kier molecular flexibility index (Phi) is 11.1. The van der Waals surface area contributed by atoms with Crippen LogP contribution in [-0.4, -0.2) is 25.2 Å². The summed E-state index contributed by atoms with van der Waals surface area (Å²) in [6.07, 6.45) is 11.2. The van der Waals surface area contributed by atoms with Crippen molar-refractivity contribution in [3.8, 4) is 0 Å². The zero-order valence-corrected chi connectivity index (χ0v) is 15.5. The van der Waals surface area contributed by atoms with Gasteiger partial charge in [0.1, 0.15) is 0 Å². The quantitative estimate of drug-likeness (QED) is 0.292. The van der Waals surface area contributed by atoms with E-state index in [2.05, 4.69) is 13.8 Å². The topological polar surface area (TPSA) is 52.6 Å². The Morgan fingerprint density at radius 3 is 2.16 bits per heavy atom. The fourth-order valence-corrected chi connectivity index (χ4v) is 2.31.